The molecule has 0 radical (unpaired) electrons. The average molecular weight is 282 g/mol. The number of pyridine rings is 1. The molecule has 0 spiro atoms. The molecule has 7 heteroatoms. The third-order valence-corrected chi connectivity index (χ3v) is 2.51. The molecule has 1 amide bonds. The van der Waals surface area contributed by atoms with Crippen LogP contribution in [0.2, 0.25) is 0 Å². The molecule has 0 aliphatic rings. The number of hydrogen-bond donors (Lipinski definition) is 2. The lowest BCUT2D eigenvalue weighted by atomic mass is 10.2. The highest BCUT2D eigenvalue weighted by Gasteiger charge is 2.30. The Labute approximate surface area is 111 Å². The van der Waals surface area contributed by atoms with Gasteiger partial charge in [0.2, 0.25) is 0 Å². The number of rotatable bonds is 2. The van der Waals surface area contributed by atoms with Crippen LogP contribution in [0.5, 0.6) is 5.75 Å². The lowest BCUT2D eigenvalue weighted by Crippen LogP contribution is -2.12. The van der Waals surface area contributed by atoms with Gasteiger partial charge in [0.15, 0.2) is 0 Å². The summed E-state index contributed by atoms with van der Waals surface area (Å²) in [6.45, 7) is 0. The van der Waals surface area contributed by atoms with E-state index >= 15 is 0 Å². The maximum atomic E-state index is 12.4. The Hall–Kier alpha value is -2.57. The highest BCUT2D eigenvalue weighted by Crippen LogP contribution is 2.30. The quantitative estimate of drug-likeness (QED) is 0.889. The standard InChI is InChI=1S/C13H9F3N2O2/c14-13(15,16)8-1-3-9(4-2-8)18-12(20)10-5-6-17-7-11(10)19/h1-7,19H,(H,18,20). The van der Waals surface area contributed by atoms with Crippen LogP contribution in [-0.2, 0) is 6.18 Å². The van der Waals surface area contributed by atoms with Crippen LogP contribution in [0.15, 0.2) is 42.7 Å². The highest BCUT2D eigenvalue weighted by atomic mass is 19.4. The predicted octanol–water partition coefficient (Wildman–Crippen LogP) is 3.06. The van der Waals surface area contributed by atoms with Crippen molar-refractivity contribution in [1.29, 1.82) is 0 Å². The molecule has 0 aliphatic carbocycles. The average Bonchev–Trinajstić information content (AvgIpc) is 2.38. The molecular formula is C13H9F3N2O2. The largest absolute Gasteiger partial charge is 0.505 e. The molecule has 0 fully saturated rings. The second-order valence-corrected chi connectivity index (χ2v) is 3.92. The summed E-state index contributed by atoms with van der Waals surface area (Å²) in [5.74, 6) is -0.943. The van der Waals surface area contributed by atoms with Gasteiger partial charge in [-0.1, -0.05) is 0 Å². The smallest absolute Gasteiger partial charge is 0.416 e. The molecule has 2 N–H and O–H groups in total. The first kappa shape index (κ1) is 13.9. The van der Waals surface area contributed by atoms with E-state index in [2.05, 4.69) is 10.3 Å². The van der Waals surface area contributed by atoms with Gasteiger partial charge >= 0.3 is 6.18 Å². The van der Waals surface area contributed by atoms with Gasteiger partial charge in [-0.25, -0.2) is 0 Å². The maximum absolute atomic E-state index is 12.4. The second kappa shape index (κ2) is 5.20. The van der Waals surface area contributed by atoms with Crippen LogP contribution in [-0.4, -0.2) is 16.0 Å². The predicted molar refractivity (Wildman–Crippen MR) is 65.3 cm³/mol. The van der Waals surface area contributed by atoms with E-state index in [0.717, 1.165) is 30.5 Å². The fourth-order valence-corrected chi connectivity index (χ4v) is 1.52. The van der Waals surface area contributed by atoms with E-state index < -0.39 is 17.6 Å². The minimum absolute atomic E-state index is 0.0140. The first-order valence-electron chi connectivity index (χ1n) is 5.49. The summed E-state index contributed by atoms with van der Waals surface area (Å²) in [6.07, 6.45) is -2.01. The van der Waals surface area contributed by atoms with Gasteiger partial charge in [-0.3, -0.25) is 9.78 Å². The van der Waals surface area contributed by atoms with Crippen LogP contribution in [0.25, 0.3) is 0 Å². The van der Waals surface area contributed by atoms with Gasteiger partial charge < -0.3 is 10.4 Å². The van der Waals surface area contributed by atoms with Crippen molar-refractivity contribution in [3.63, 3.8) is 0 Å². The summed E-state index contributed by atoms with van der Waals surface area (Å²) >= 11 is 0. The van der Waals surface area contributed by atoms with Crippen molar-refractivity contribution in [3.8, 4) is 5.75 Å². The number of halogens is 3. The molecule has 2 rings (SSSR count). The number of aromatic nitrogens is 1. The third-order valence-electron chi connectivity index (χ3n) is 2.51. The van der Waals surface area contributed by atoms with Crippen LogP contribution < -0.4 is 5.32 Å². The number of nitrogens with zero attached hydrogens (tertiary/aromatic N) is 1. The zero-order chi connectivity index (χ0) is 14.8. The maximum Gasteiger partial charge on any atom is 0.416 e. The summed E-state index contributed by atoms with van der Waals surface area (Å²) in [6, 6.07) is 5.30. The van der Waals surface area contributed by atoms with Crippen molar-refractivity contribution in [3.05, 3.63) is 53.9 Å². The molecule has 4 nitrogen and oxygen atoms in total. The SMILES string of the molecule is O=C(Nc1ccc(C(F)(F)F)cc1)c1ccncc1O. The van der Waals surface area contributed by atoms with E-state index in [1.54, 1.807) is 0 Å². The first-order valence-corrected chi connectivity index (χ1v) is 5.49. The van der Waals surface area contributed by atoms with Crippen LogP contribution in [0.3, 0.4) is 0 Å². The van der Waals surface area contributed by atoms with E-state index in [9.17, 15) is 23.1 Å². The molecular weight excluding hydrogens is 273 g/mol. The van der Waals surface area contributed by atoms with E-state index in [1.165, 1.54) is 12.3 Å². The van der Waals surface area contributed by atoms with Gasteiger partial charge in [-0.2, -0.15) is 13.2 Å². The van der Waals surface area contributed by atoms with E-state index in [0.29, 0.717) is 0 Å². The second-order valence-electron chi connectivity index (χ2n) is 3.92. The lowest BCUT2D eigenvalue weighted by Gasteiger charge is -2.09. The van der Waals surface area contributed by atoms with Crippen LogP contribution in [0, 0.1) is 0 Å². The van der Waals surface area contributed by atoms with Gasteiger partial charge in [0, 0.05) is 11.9 Å². The number of nitrogens with one attached hydrogen (secondary N) is 1. The third kappa shape index (κ3) is 3.05. The molecule has 0 bridgehead atoms. The monoisotopic (exact) mass is 282 g/mol. The fraction of sp³-hybridized carbons (Fsp3) is 0.0769. The molecule has 1 heterocycles. The molecule has 2 aromatic rings. The Morgan fingerprint density at radius 1 is 1.15 bits per heavy atom. The van der Waals surface area contributed by atoms with Crippen LogP contribution >= 0.6 is 0 Å². The van der Waals surface area contributed by atoms with Crippen molar-refractivity contribution in [2.24, 2.45) is 0 Å². The first-order chi connectivity index (χ1) is 9.38. The molecule has 1 aromatic carbocycles. The lowest BCUT2D eigenvalue weighted by molar-refractivity contribution is -0.137. The number of alkyl halides is 3. The summed E-state index contributed by atoms with van der Waals surface area (Å²) in [5.41, 5.74) is -0.624. The van der Waals surface area contributed by atoms with E-state index in [4.69, 9.17) is 0 Å². The summed E-state index contributed by atoms with van der Waals surface area (Å²) < 4.78 is 37.1. The Balaban J connectivity index is 2.15. The highest BCUT2D eigenvalue weighted by molar-refractivity contribution is 6.05. The molecule has 1 aromatic heterocycles. The molecule has 20 heavy (non-hydrogen) atoms. The van der Waals surface area contributed by atoms with Crippen molar-refractivity contribution in [1.82, 2.24) is 4.98 Å². The zero-order valence-corrected chi connectivity index (χ0v) is 9.98. The molecule has 0 aliphatic heterocycles. The van der Waals surface area contributed by atoms with Gasteiger partial charge in [0.05, 0.1) is 17.3 Å². The zero-order valence-electron chi connectivity index (χ0n) is 9.98. The van der Waals surface area contributed by atoms with Crippen molar-refractivity contribution in [2.45, 2.75) is 6.18 Å². The van der Waals surface area contributed by atoms with Gasteiger partial charge in [0.25, 0.3) is 5.91 Å². The number of carbonyl (C=O) groups excluding carboxylic acids is 1. The number of carbonyl (C=O) groups is 1. The van der Waals surface area contributed by atoms with Crippen LogP contribution in [0.4, 0.5) is 18.9 Å². The minimum atomic E-state index is -4.42. The summed E-state index contributed by atoms with van der Waals surface area (Å²) in [4.78, 5) is 15.4. The Kier molecular flexibility index (Phi) is 3.60. The number of benzene rings is 1. The minimum Gasteiger partial charge on any atom is -0.505 e. The number of anilines is 1. The van der Waals surface area contributed by atoms with E-state index in [-0.39, 0.29) is 17.0 Å². The number of aromatic hydroxyl groups is 1. The summed E-state index contributed by atoms with van der Waals surface area (Å²) in [5, 5.41) is 11.8. The van der Waals surface area contributed by atoms with Crippen molar-refractivity contribution < 1.29 is 23.1 Å². The molecule has 0 atom stereocenters. The van der Waals surface area contributed by atoms with Crippen molar-refractivity contribution >= 4 is 11.6 Å². The van der Waals surface area contributed by atoms with Gasteiger partial charge in [0.1, 0.15) is 5.75 Å². The van der Waals surface area contributed by atoms with Crippen LogP contribution in [0.1, 0.15) is 15.9 Å². The fourth-order valence-electron chi connectivity index (χ4n) is 1.52. The molecule has 0 saturated heterocycles. The molecule has 0 unspecified atom stereocenters. The molecule has 104 valence electrons. The van der Waals surface area contributed by atoms with Gasteiger partial charge in [-0.05, 0) is 30.3 Å². The number of hydrogen-bond acceptors (Lipinski definition) is 3. The Morgan fingerprint density at radius 3 is 2.35 bits per heavy atom. The Morgan fingerprint density at radius 2 is 1.80 bits per heavy atom. The van der Waals surface area contributed by atoms with E-state index in [1.807, 2.05) is 0 Å². The topological polar surface area (TPSA) is 62.2 Å². The summed E-state index contributed by atoms with van der Waals surface area (Å²) in [7, 11) is 0. The van der Waals surface area contributed by atoms with Crippen molar-refractivity contribution in [2.75, 3.05) is 5.32 Å². The Bertz CT molecular complexity index is 624. The molecule has 0 saturated carbocycles. The van der Waals surface area contributed by atoms with Gasteiger partial charge in [-0.15, -0.1) is 0 Å². The normalized spacial score (nSPS) is 11.2. The number of amides is 1.